The molecule has 2 amide bonds. The van der Waals surface area contributed by atoms with E-state index in [1.807, 2.05) is 0 Å². The van der Waals surface area contributed by atoms with Crippen molar-refractivity contribution in [2.45, 2.75) is 38.4 Å². The molecule has 170 valence electrons. The molecule has 1 aliphatic carbocycles. The van der Waals surface area contributed by atoms with Crippen LogP contribution < -0.4 is 10.6 Å². The van der Waals surface area contributed by atoms with E-state index in [0.717, 1.165) is 29.3 Å². The maximum absolute atomic E-state index is 13.1. The fourth-order valence-corrected chi connectivity index (χ4v) is 3.33. The van der Waals surface area contributed by atoms with E-state index in [2.05, 4.69) is 25.9 Å². The highest BCUT2D eigenvalue weighted by atomic mass is 19.4. The molecule has 1 fully saturated rings. The van der Waals surface area contributed by atoms with E-state index in [4.69, 9.17) is 0 Å². The quantitative estimate of drug-likeness (QED) is 0.599. The monoisotopic (exact) mass is 450 g/mol. The van der Waals surface area contributed by atoms with Crippen LogP contribution in [0.4, 0.5) is 24.5 Å². The molecule has 0 unspecified atom stereocenters. The van der Waals surface area contributed by atoms with E-state index in [9.17, 15) is 22.8 Å². The van der Waals surface area contributed by atoms with Gasteiger partial charge in [0.05, 0.1) is 29.5 Å². The summed E-state index contributed by atoms with van der Waals surface area (Å²) in [6.45, 7) is 1.37. The summed E-state index contributed by atoms with van der Waals surface area (Å²) in [5.74, 6) is -1.18. The molecule has 2 N–H and O–H groups in total. The Balaban J connectivity index is 1.51. The van der Waals surface area contributed by atoms with Crippen LogP contribution in [0.2, 0.25) is 0 Å². The molecule has 1 aliphatic rings. The number of hydrogen-bond donors (Lipinski definition) is 2. The maximum atomic E-state index is 13.1. The number of amides is 2. The highest BCUT2D eigenvalue weighted by Gasteiger charge is 2.38. The van der Waals surface area contributed by atoms with Crippen LogP contribution >= 0.6 is 0 Å². The van der Waals surface area contributed by atoms with Crippen molar-refractivity contribution in [3.05, 3.63) is 41.2 Å². The summed E-state index contributed by atoms with van der Waals surface area (Å²) in [7, 11) is 3.27. The smallest absolute Gasteiger partial charge is 0.321 e. The summed E-state index contributed by atoms with van der Waals surface area (Å²) in [4.78, 5) is 25.4. The first kappa shape index (κ1) is 21.6. The van der Waals surface area contributed by atoms with Crippen molar-refractivity contribution in [1.29, 1.82) is 0 Å². The van der Waals surface area contributed by atoms with Crippen LogP contribution in [0.5, 0.6) is 0 Å². The van der Waals surface area contributed by atoms with Gasteiger partial charge in [-0.2, -0.15) is 28.5 Å². The van der Waals surface area contributed by atoms with E-state index in [-0.39, 0.29) is 17.3 Å². The number of rotatable bonds is 6. The standard InChI is InChI=1S/C19H21F3N8O2/c1-10-12(7-23-28(10)2)26-18(32)17-13(8-24-29(17)3)25-16(31)9-30-14(11-4-5-11)6-15(27-30)19(20,21)22/h6-8,11H,4-5,9H2,1-3H3,(H,25,31)(H,26,32). The zero-order valence-corrected chi connectivity index (χ0v) is 17.6. The number of halogens is 3. The van der Waals surface area contributed by atoms with Crippen molar-refractivity contribution >= 4 is 23.2 Å². The topological polar surface area (TPSA) is 112 Å². The van der Waals surface area contributed by atoms with Crippen LogP contribution in [-0.2, 0) is 31.6 Å². The predicted octanol–water partition coefficient (Wildman–Crippen LogP) is 2.45. The summed E-state index contributed by atoms with van der Waals surface area (Å²) in [5, 5.41) is 16.9. The van der Waals surface area contributed by atoms with Crippen LogP contribution in [0, 0.1) is 6.92 Å². The summed E-state index contributed by atoms with van der Waals surface area (Å²) in [6.07, 6.45) is -0.285. The summed E-state index contributed by atoms with van der Waals surface area (Å²) < 4.78 is 43.2. The molecule has 0 aromatic carbocycles. The predicted molar refractivity (Wildman–Crippen MR) is 107 cm³/mol. The highest BCUT2D eigenvalue weighted by Crippen LogP contribution is 2.42. The number of aromatic nitrogens is 6. The number of aryl methyl sites for hydroxylation is 2. The van der Waals surface area contributed by atoms with Crippen molar-refractivity contribution in [3.8, 4) is 0 Å². The zero-order chi connectivity index (χ0) is 23.2. The molecule has 32 heavy (non-hydrogen) atoms. The number of nitrogens with one attached hydrogen (secondary N) is 2. The van der Waals surface area contributed by atoms with E-state index in [1.54, 1.807) is 18.7 Å². The van der Waals surface area contributed by atoms with Crippen molar-refractivity contribution in [1.82, 2.24) is 29.3 Å². The minimum Gasteiger partial charge on any atom is -0.321 e. The average molecular weight is 450 g/mol. The Hall–Kier alpha value is -3.64. The number of hydrogen-bond acceptors (Lipinski definition) is 5. The number of nitrogens with zero attached hydrogens (tertiary/aromatic N) is 6. The lowest BCUT2D eigenvalue weighted by molar-refractivity contribution is -0.141. The second kappa shape index (κ2) is 7.80. The molecule has 3 aromatic rings. The van der Waals surface area contributed by atoms with Crippen LogP contribution in [0.3, 0.4) is 0 Å². The number of alkyl halides is 3. The lowest BCUT2D eigenvalue weighted by Gasteiger charge is -2.10. The van der Waals surface area contributed by atoms with Gasteiger partial charge in [-0.05, 0) is 25.8 Å². The number of carbonyl (C=O) groups is 2. The number of carbonyl (C=O) groups excluding carboxylic acids is 2. The number of anilines is 2. The fourth-order valence-electron chi connectivity index (χ4n) is 3.33. The van der Waals surface area contributed by atoms with Gasteiger partial charge in [-0.25, -0.2) is 0 Å². The first-order valence-corrected chi connectivity index (χ1v) is 9.81. The molecule has 0 saturated heterocycles. The van der Waals surface area contributed by atoms with Crippen LogP contribution in [0.1, 0.15) is 46.3 Å². The molecule has 0 spiro atoms. The molecule has 0 atom stereocenters. The molecule has 4 rings (SSSR count). The van der Waals surface area contributed by atoms with Gasteiger partial charge in [0.1, 0.15) is 12.2 Å². The molecule has 1 saturated carbocycles. The first-order chi connectivity index (χ1) is 15.0. The van der Waals surface area contributed by atoms with E-state index in [0.29, 0.717) is 11.4 Å². The molecule has 13 heteroatoms. The molecular formula is C19H21F3N8O2. The minimum atomic E-state index is -4.59. The molecule has 0 aliphatic heterocycles. The second-order valence-corrected chi connectivity index (χ2v) is 7.68. The summed E-state index contributed by atoms with van der Waals surface area (Å²) >= 11 is 0. The zero-order valence-electron chi connectivity index (χ0n) is 17.6. The van der Waals surface area contributed by atoms with Crippen molar-refractivity contribution in [2.75, 3.05) is 10.6 Å². The van der Waals surface area contributed by atoms with Gasteiger partial charge in [0, 0.05) is 25.7 Å². The molecule has 0 radical (unpaired) electrons. The largest absolute Gasteiger partial charge is 0.435 e. The van der Waals surface area contributed by atoms with Crippen molar-refractivity contribution < 1.29 is 22.8 Å². The highest BCUT2D eigenvalue weighted by molar-refractivity contribution is 6.09. The van der Waals surface area contributed by atoms with Gasteiger partial charge in [0.25, 0.3) is 5.91 Å². The van der Waals surface area contributed by atoms with Crippen LogP contribution in [0.15, 0.2) is 18.5 Å². The third-order valence-corrected chi connectivity index (χ3v) is 5.30. The van der Waals surface area contributed by atoms with Crippen molar-refractivity contribution in [2.24, 2.45) is 14.1 Å². The third kappa shape index (κ3) is 4.22. The van der Waals surface area contributed by atoms with Gasteiger partial charge in [-0.1, -0.05) is 0 Å². The molecule has 10 nitrogen and oxygen atoms in total. The van der Waals surface area contributed by atoms with Gasteiger partial charge < -0.3 is 10.6 Å². The Morgan fingerprint density at radius 2 is 1.75 bits per heavy atom. The van der Waals surface area contributed by atoms with E-state index >= 15 is 0 Å². The Bertz CT molecular complexity index is 1190. The molecule has 3 aromatic heterocycles. The SMILES string of the molecule is Cc1c(NC(=O)c2c(NC(=O)Cn3nc(C(F)(F)F)cc3C3CC3)cnn2C)cnn1C. The van der Waals surface area contributed by atoms with Crippen LogP contribution in [-0.4, -0.2) is 41.2 Å². The van der Waals surface area contributed by atoms with Gasteiger partial charge in [0.2, 0.25) is 5.91 Å². The Morgan fingerprint density at radius 1 is 1.09 bits per heavy atom. The van der Waals surface area contributed by atoms with Gasteiger partial charge in [0.15, 0.2) is 5.69 Å². The van der Waals surface area contributed by atoms with E-state index < -0.39 is 30.2 Å². The normalized spacial score (nSPS) is 13.9. The van der Waals surface area contributed by atoms with Gasteiger partial charge >= 0.3 is 6.18 Å². The molecular weight excluding hydrogens is 429 g/mol. The average Bonchev–Trinajstić information content (AvgIpc) is 3.25. The van der Waals surface area contributed by atoms with E-state index in [1.165, 1.54) is 24.1 Å². The first-order valence-electron chi connectivity index (χ1n) is 9.81. The van der Waals surface area contributed by atoms with Gasteiger partial charge in [-0.15, -0.1) is 0 Å². The fraction of sp³-hybridized carbons (Fsp3) is 0.421. The van der Waals surface area contributed by atoms with Crippen LogP contribution in [0.25, 0.3) is 0 Å². The Labute approximate surface area is 180 Å². The lowest BCUT2D eigenvalue weighted by atomic mass is 10.2. The Morgan fingerprint density at radius 3 is 2.34 bits per heavy atom. The Kier molecular flexibility index (Phi) is 5.26. The lowest BCUT2D eigenvalue weighted by Crippen LogP contribution is -2.24. The maximum Gasteiger partial charge on any atom is 0.435 e. The summed E-state index contributed by atoms with van der Waals surface area (Å²) in [6, 6.07) is 0.990. The second-order valence-electron chi connectivity index (χ2n) is 7.68. The summed E-state index contributed by atoms with van der Waals surface area (Å²) in [5.41, 5.74) is 0.802. The van der Waals surface area contributed by atoms with Crippen molar-refractivity contribution in [3.63, 3.8) is 0 Å². The third-order valence-electron chi connectivity index (χ3n) is 5.30. The van der Waals surface area contributed by atoms with Gasteiger partial charge in [-0.3, -0.25) is 23.6 Å². The minimum absolute atomic E-state index is 0.0335. The molecule has 0 bridgehead atoms. The molecule has 3 heterocycles.